The molecule has 1 amide bonds. The molecule has 5 heteroatoms. The van der Waals surface area contributed by atoms with Gasteiger partial charge >= 0.3 is 0 Å². The number of unbranched alkanes of at least 4 members (excludes halogenated alkanes) is 3. The summed E-state index contributed by atoms with van der Waals surface area (Å²) in [7, 11) is 0. The third kappa shape index (κ3) is 6.05. The van der Waals surface area contributed by atoms with Crippen LogP contribution in [0.15, 0.2) is 0 Å². The van der Waals surface area contributed by atoms with Gasteiger partial charge in [0.25, 0.3) is 0 Å². The number of nitrogens with zero attached hydrogens (tertiary/aromatic N) is 2. The fourth-order valence-electron chi connectivity index (χ4n) is 4.00. The maximum absolute atomic E-state index is 12.5. The molecule has 3 atom stereocenters. The van der Waals surface area contributed by atoms with Crippen LogP contribution in [0.3, 0.4) is 0 Å². The lowest BCUT2D eigenvalue weighted by molar-refractivity contribution is -0.133. The molecule has 2 saturated heterocycles. The van der Waals surface area contributed by atoms with Crippen LogP contribution >= 0.6 is 0 Å². The Labute approximate surface area is 141 Å². The predicted octanol–water partition coefficient (Wildman–Crippen LogP) is 2.00. The summed E-state index contributed by atoms with van der Waals surface area (Å²) in [5, 5.41) is 0. The Hall–Kier alpha value is -0.650. The van der Waals surface area contributed by atoms with E-state index in [0.717, 1.165) is 71.2 Å². The van der Waals surface area contributed by atoms with Crippen molar-refractivity contribution in [2.24, 2.45) is 5.73 Å². The average Bonchev–Trinajstić information content (AvgIpc) is 2.94. The quantitative estimate of drug-likeness (QED) is 0.694. The molecule has 2 rings (SSSR count). The Morgan fingerprint density at radius 3 is 2.52 bits per heavy atom. The number of hydrogen-bond acceptors (Lipinski definition) is 4. The number of ether oxygens (including phenoxy) is 1. The van der Waals surface area contributed by atoms with Crippen molar-refractivity contribution in [3.8, 4) is 0 Å². The highest BCUT2D eigenvalue weighted by Gasteiger charge is 2.31. The van der Waals surface area contributed by atoms with Gasteiger partial charge in [-0.05, 0) is 46.1 Å². The molecule has 0 spiro atoms. The van der Waals surface area contributed by atoms with E-state index in [4.69, 9.17) is 10.5 Å². The van der Waals surface area contributed by atoms with Crippen LogP contribution in [-0.4, -0.2) is 66.7 Å². The standard InChI is InChI=1S/C18H35N3O2/c1-15-12-20(13-16(2)23-15)14-17-8-7-11-21(17)18(22)9-5-3-4-6-10-19/h15-17H,3-14,19H2,1-2H3. The molecule has 2 aliphatic heterocycles. The van der Waals surface area contributed by atoms with Crippen molar-refractivity contribution in [3.05, 3.63) is 0 Å². The van der Waals surface area contributed by atoms with E-state index in [1.807, 2.05) is 0 Å². The molecular weight excluding hydrogens is 290 g/mol. The molecule has 0 bridgehead atoms. The lowest BCUT2D eigenvalue weighted by Crippen LogP contribution is -2.50. The minimum absolute atomic E-state index is 0.298. The van der Waals surface area contributed by atoms with E-state index in [2.05, 4.69) is 23.6 Å². The van der Waals surface area contributed by atoms with Crippen LogP contribution in [0.2, 0.25) is 0 Å². The normalized spacial score (nSPS) is 29.2. The van der Waals surface area contributed by atoms with Crippen LogP contribution in [0.4, 0.5) is 0 Å². The van der Waals surface area contributed by atoms with Gasteiger partial charge in [-0.15, -0.1) is 0 Å². The second-order valence-corrected chi connectivity index (χ2v) is 7.31. The molecular formula is C18H35N3O2. The molecule has 2 fully saturated rings. The Kier molecular flexibility index (Phi) is 7.80. The van der Waals surface area contributed by atoms with Crippen molar-refractivity contribution in [2.45, 2.75) is 77.0 Å². The molecule has 3 unspecified atom stereocenters. The van der Waals surface area contributed by atoms with Gasteiger partial charge < -0.3 is 15.4 Å². The van der Waals surface area contributed by atoms with Crippen LogP contribution in [0, 0.1) is 0 Å². The number of amides is 1. The van der Waals surface area contributed by atoms with Crippen LogP contribution in [0.5, 0.6) is 0 Å². The first-order valence-corrected chi connectivity index (χ1v) is 9.47. The van der Waals surface area contributed by atoms with Crippen LogP contribution in [0.25, 0.3) is 0 Å². The van der Waals surface area contributed by atoms with Gasteiger partial charge in [0.15, 0.2) is 0 Å². The van der Waals surface area contributed by atoms with Gasteiger partial charge in [-0.2, -0.15) is 0 Å². The summed E-state index contributed by atoms with van der Waals surface area (Å²) in [6, 6.07) is 0.407. The zero-order valence-electron chi connectivity index (χ0n) is 15.0. The molecule has 2 heterocycles. The maximum Gasteiger partial charge on any atom is 0.222 e. The summed E-state index contributed by atoms with van der Waals surface area (Å²) in [5.74, 6) is 0.356. The van der Waals surface area contributed by atoms with Gasteiger partial charge in [0.1, 0.15) is 0 Å². The van der Waals surface area contributed by atoms with Crippen molar-refractivity contribution in [1.82, 2.24) is 9.80 Å². The first-order chi connectivity index (χ1) is 11.1. The van der Waals surface area contributed by atoms with Crippen molar-refractivity contribution < 1.29 is 9.53 Å². The molecule has 0 aliphatic carbocycles. The minimum atomic E-state index is 0.298. The first-order valence-electron chi connectivity index (χ1n) is 9.47. The third-order valence-electron chi connectivity index (χ3n) is 5.01. The fourth-order valence-corrected chi connectivity index (χ4v) is 4.00. The molecule has 2 aliphatic rings. The van der Waals surface area contributed by atoms with E-state index in [0.29, 0.717) is 30.6 Å². The largest absolute Gasteiger partial charge is 0.373 e. The SMILES string of the molecule is CC1CN(CC2CCCN2C(=O)CCCCCCN)CC(C)O1. The number of likely N-dealkylation sites (tertiary alicyclic amines) is 1. The first kappa shape index (κ1) is 18.7. The molecule has 0 aromatic rings. The maximum atomic E-state index is 12.5. The van der Waals surface area contributed by atoms with Crippen molar-refractivity contribution >= 4 is 5.91 Å². The summed E-state index contributed by atoms with van der Waals surface area (Å²) in [4.78, 5) is 17.1. The summed E-state index contributed by atoms with van der Waals surface area (Å²) in [5.41, 5.74) is 5.51. The topological polar surface area (TPSA) is 58.8 Å². The fraction of sp³-hybridized carbons (Fsp3) is 0.944. The predicted molar refractivity (Wildman–Crippen MR) is 93.3 cm³/mol. The number of nitrogens with two attached hydrogens (primary N) is 1. The summed E-state index contributed by atoms with van der Waals surface area (Å²) in [6.45, 7) is 8.98. The monoisotopic (exact) mass is 325 g/mol. The summed E-state index contributed by atoms with van der Waals surface area (Å²) < 4.78 is 5.81. The number of hydrogen-bond donors (Lipinski definition) is 1. The molecule has 0 radical (unpaired) electrons. The van der Waals surface area contributed by atoms with Gasteiger partial charge in [-0.25, -0.2) is 0 Å². The molecule has 23 heavy (non-hydrogen) atoms. The average molecular weight is 325 g/mol. The second-order valence-electron chi connectivity index (χ2n) is 7.31. The lowest BCUT2D eigenvalue weighted by atomic mass is 10.1. The van der Waals surface area contributed by atoms with E-state index >= 15 is 0 Å². The molecule has 5 nitrogen and oxygen atoms in total. The summed E-state index contributed by atoms with van der Waals surface area (Å²) >= 11 is 0. The Bertz CT molecular complexity index is 354. The minimum Gasteiger partial charge on any atom is -0.373 e. The van der Waals surface area contributed by atoms with Crippen LogP contribution in [-0.2, 0) is 9.53 Å². The highest BCUT2D eigenvalue weighted by molar-refractivity contribution is 5.76. The molecule has 0 aromatic heterocycles. The van der Waals surface area contributed by atoms with E-state index in [1.54, 1.807) is 0 Å². The molecule has 0 saturated carbocycles. The van der Waals surface area contributed by atoms with E-state index in [1.165, 1.54) is 0 Å². The smallest absolute Gasteiger partial charge is 0.222 e. The highest BCUT2D eigenvalue weighted by atomic mass is 16.5. The molecule has 0 aromatic carbocycles. The van der Waals surface area contributed by atoms with E-state index < -0.39 is 0 Å². The Balaban J connectivity index is 1.74. The molecule has 2 N–H and O–H groups in total. The van der Waals surface area contributed by atoms with Crippen LogP contribution in [0.1, 0.15) is 58.8 Å². The van der Waals surface area contributed by atoms with Gasteiger partial charge in [-0.1, -0.05) is 12.8 Å². The zero-order valence-corrected chi connectivity index (χ0v) is 15.0. The van der Waals surface area contributed by atoms with Crippen molar-refractivity contribution in [3.63, 3.8) is 0 Å². The van der Waals surface area contributed by atoms with E-state index in [-0.39, 0.29) is 0 Å². The highest BCUT2D eigenvalue weighted by Crippen LogP contribution is 2.22. The summed E-state index contributed by atoms with van der Waals surface area (Å²) in [6.07, 6.45) is 7.96. The van der Waals surface area contributed by atoms with Gasteiger partial charge in [0.05, 0.1) is 12.2 Å². The van der Waals surface area contributed by atoms with Gasteiger partial charge in [0.2, 0.25) is 5.91 Å². The van der Waals surface area contributed by atoms with Crippen molar-refractivity contribution in [2.75, 3.05) is 32.7 Å². The van der Waals surface area contributed by atoms with Gasteiger partial charge in [0, 0.05) is 38.6 Å². The Morgan fingerprint density at radius 1 is 1.13 bits per heavy atom. The third-order valence-corrected chi connectivity index (χ3v) is 5.01. The van der Waals surface area contributed by atoms with Crippen molar-refractivity contribution in [1.29, 1.82) is 0 Å². The second kappa shape index (κ2) is 9.60. The molecule has 134 valence electrons. The van der Waals surface area contributed by atoms with Gasteiger partial charge in [-0.3, -0.25) is 9.69 Å². The lowest BCUT2D eigenvalue weighted by Gasteiger charge is -2.38. The number of rotatable bonds is 8. The number of carbonyl (C=O) groups excluding carboxylic acids is 1. The van der Waals surface area contributed by atoms with Crippen LogP contribution < -0.4 is 5.73 Å². The number of morpholine rings is 1. The van der Waals surface area contributed by atoms with E-state index in [9.17, 15) is 4.79 Å². The zero-order chi connectivity index (χ0) is 16.7. The number of carbonyl (C=O) groups is 1. The Morgan fingerprint density at radius 2 is 1.83 bits per heavy atom.